The molecule has 5 nitrogen and oxygen atoms in total. The smallest absolute Gasteiger partial charge is 0.400 e. The van der Waals surface area contributed by atoms with Crippen LogP contribution in [0.2, 0.25) is 0 Å². The van der Waals surface area contributed by atoms with Crippen molar-refractivity contribution in [3.63, 3.8) is 0 Å². The number of rotatable bonds is 4. The van der Waals surface area contributed by atoms with Gasteiger partial charge in [0.15, 0.2) is 5.90 Å². The van der Waals surface area contributed by atoms with E-state index in [9.17, 15) is 18.0 Å². The van der Waals surface area contributed by atoms with Crippen molar-refractivity contribution in [1.29, 1.82) is 10.8 Å². The molecule has 2 N–H and O–H groups in total. The van der Waals surface area contributed by atoms with Crippen molar-refractivity contribution in [2.75, 3.05) is 13.1 Å². The van der Waals surface area contributed by atoms with Gasteiger partial charge in [0.2, 0.25) is 11.8 Å². The van der Waals surface area contributed by atoms with Crippen molar-refractivity contribution >= 4 is 17.7 Å². The summed E-state index contributed by atoms with van der Waals surface area (Å²) in [6, 6.07) is 8.80. The van der Waals surface area contributed by atoms with E-state index in [1.54, 1.807) is 24.3 Å². The van der Waals surface area contributed by atoms with E-state index in [1.165, 1.54) is 4.90 Å². The lowest BCUT2D eigenvalue weighted by molar-refractivity contribution is -0.186. The normalized spacial score (nSPS) is 17.1. The first-order valence-electron chi connectivity index (χ1n) is 9.21. The van der Waals surface area contributed by atoms with Crippen LogP contribution in [0.1, 0.15) is 39.2 Å². The monoisotopic (exact) mass is 397 g/mol. The molecule has 1 aliphatic rings. The predicted molar refractivity (Wildman–Crippen MR) is 100 cm³/mol. The van der Waals surface area contributed by atoms with E-state index < -0.39 is 23.4 Å². The highest BCUT2D eigenvalue weighted by atomic mass is 19.4. The van der Waals surface area contributed by atoms with Crippen LogP contribution in [0.3, 0.4) is 0 Å². The molecule has 1 amide bonds. The second kappa shape index (κ2) is 8.32. The molecule has 1 heterocycles. The molecule has 1 saturated heterocycles. The molecule has 1 aliphatic heterocycles. The first-order valence-corrected chi connectivity index (χ1v) is 9.21. The maximum absolute atomic E-state index is 12.8. The number of alkyl halides is 3. The summed E-state index contributed by atoms with van der Waals surface area (Å²) in [5.74, 6) is -3.13. The molecule has 0 saturated carbocycles. The number of piperidine rings is 1. The van der Waals surface area contributed by atoms with Crippen molar-refractivity contribution < 1.29 is 22.7 Å². The third-order valence-corrected chi connectivity index (χ3v) is 5.51. The highest BCUT2D eigenvalue weighted by Gasteiger charge is 2.45. The van der Waals surface area contributed by atoms with Gasteiger partial charge in [-0.05, 0) is 37.8 Å². The number of nitrogens with one attached hydrogen (secondary N) is 2. The van der Waals surface area contributed by atoms with Crippen LogP contribution in [0, 0.1) is 28.1 Å². The molecule has 1 atom stereocenters. The number of carbonyl (C=O) groups is 1. The van der Waals surface area contributed by atoms with Crippen molar-refractivity contribution in [2.24, 2.45) is 17.3 Å². The van der Waals surface area contributed by atoms with Gasteiger partial charge >= 0.3 is 6.18 Å². The summed E-state index contributed by atoms with van der Waals surface area (Å²) in [7, 11) is 0. The lowest BCUT2D eigenvalue weighted by atomic mass is 9.73. The maximum atomic E-state index is 12.8. The number of hydrogen-bond donors (Lipinski definition) is 2. The molecule has 2 rings (SSSR count). The minimum absolute atomic E-state index is 0.0335. The van der Waals surface area contributed by atoms with Crippen LogP contribution in [0.4, 0.5) is 13.2 Å². The Kier molecular flexibility index (Phi) is 6.52. The molecule has 28 heavy (non-hydrogen) atoms. The number of amides is 1. The zero-order chi connectivity index (χ0) is 21.1. The summed E-state index contributed by atoms with van der Waals surface area (Å²) >= 11 is 0. The molecular weight excluding hydrogens is 371 g/mol. The van der Waals surface area contributed by atoms with E-state index in [0.29, 0.717) is 18.4 Å². The van der Waals surface area contributed by atoms with E-state index in [4.69, 9.17) is 15.6 Å². The summed E-state index contributed by atoms with van der Waals surface area (Å²) in [6.07, 6.45) is -3.58. The quantitative estimate of drug-likeness (QED) is 0.581. The Balaban J connectivity index is 1.95. The first kappa shape index (κ1) is 21.9. The standard InChI is InChI=1S/C20H26F3N3O2/c1-13(20(21,22)23)17(27)26-11-9-15(10-12-26)19(2,3)18(25)28-16(24)14-7-5-4-6-8-14/h4-8,13,15,24-25H,9-12H2,1-3H3/t13-/m0/s1. The Morgan fingerprint density at radius 1 is 1.14 bits per heavy atom. The Hall–Kier alpha value is -2.38. The number of ether oxygens (including phenoxy) is 1. The fourth-order valence-corrected chi connectivity index (χ4v) is 3.30. The predicted octanol–water partition coefficient (Wildman–Crippen LogP) is 4.47. The Bertz CT molecular complexity index is 724. The fraction of sp³-hybridized carbons (Fsp3) is 0.550. The summed E-state index contributed by atoms with van der Waals surface area (Å²) in [5, 5.41) is 16.3. The van der Waals surface area contributed by atoms with Gasteiger partial charge < -0.3 is 9.64 Å². The largest absolute Gasteiger partial charge is 0.425 e. The topological polar surface area (TPSA) is 77.2 Å². The van der Waals surface area contributed by atoms with E-state index >= 15 is 0 Å². The molecule has 0 spiro atoms. The SMILES string of the molecule is C[C@@H](C(=O)N1CCC(C(C)(C)C(=N)OC(=N)c2ccccc2)CC1)C(F)(F)F. The molecule has 0 aromatic heterocycles. The summed E-state index contributed by atoms with van der Waals surface area (Å²) in [6.45, 7) is 4.98. The Morgan fingerprint density at radius 2 is 1.68 bits per heavy atom. The van der Waals surface area contributed by atoms with Crippen LogP contribution in [0.15, 0.2) is 30.3 Å². The van der Waals surface area contributed by atoms with Crippen molar-refractivity contribution in [2.45, 2.75) is 39.8 Å². The van der Waals surface area contributed by atoms with Crippen LogP contribution < -0.4 is 0 Å². The zero-order valence-corrected chi connectivity index (χ0v) is 16.3. The summed E-state index contributed by atoms with van der Waals surface area (Å²) < 4.78 is 43.8. The number of hydrogen-bond acceptors (Lipinski definition) is 4. The number of likely N-dealkylation sites (tertiary alicyclic amines) is 1. The molecule has 0 bridgehead atoms. The van der Waals surface area contributed by atoms with Gasteiger partial charge in [0.1, 0.15) is 5.92 Å². The number of halogens is 3. The van der Waals surface area contributed by atoms with Crippen LogP contribution in [0.25, 0.3) is 0 Å². The molecule has 0 unspecified atom stereocenters. The van der Waals surface area contributed by atoms with Gasteiger partial charge in [-0.3, -0.25) is 15.6 Å². The maximum Gasteiger partial charge on any atom is 0.400 e. The molecule has 1 fully saturated rings. The third-order valence-electron chi connectivity index (χ3n) is 5.51. The second-order valence-electron chi connectivity index (χ2n) is 7.71. The van der Waals surface area contributed by atoms with Gasteiger partial charge in [0, 0.05) is 24.1 Å². The van der Waals surface area contributed by atoms with E-state index in [2.05, 4.69) is 0 Å². The lowest BCUT2D eigenvalue weighted by Gasteiger charge is -2.41. The highest BCUT2D eigenvalue weighted by Crippen LogP contribution is 2.37. The first-order chi connectivity index (χ1) is 12.9. The second-order valence-corrected chi connectivity index (χ2v) is 7.71. The average Bonchev–Trinajstić information content (AvgIpc) is 2.66. The minimum atomic E-state index is -4.54. The number of benzene rings is 1. The van der Waals surface area contributed by atoms with E-state index in [0.717, 1.165) is 6.92 Å². The number of nitrogens with zero attached hydrogens (tertiary/aromatic N) is 1. The van der Waals surface area contributed by atoms with Gasteiger partial charge in [-0.15, -0.1) is 0 Å². The fourth-order valence-electron chi connectivity index (χ4n) is 3.30. The summed E-state index contributed by atoms with van der Waals surface area (Å²) in [4.78, 5) is 13.3. The van der Waals surface area contributed by atoms with E-state index in [1.807, 2.05) is 19.9 Å². The van der Waals surface area contributed by atoms with Gasteiger partial charge in [-0.25, -0.2) is 0 Å². The van der Waals surface area contributed by atoms with Crippen LogP contribution in [0.5, 0.6) is 0 Å². The third kappa shape index (κ3) is 4.91. The molecular formula is C20H26F3N3O2. The van der Waals surface area contributed by atoms with Gasteiger partial charge in [0.25, 0.3) is 0 Å². The molecule has 154 valence electrons. The van der Waals surface area contributed by atoms with Crippen molar-refractivity contribution in [1.82, 2.24) is 4.90 Å². The van der Waals surface area contributed by atoms with Gasteiger partial charge in [-0.2, -0.15) is 13.2 Å². The number of carbonyl (C=O) groups excluding carboxylic acids is 1. The molecule has 0 aliphatic carbocycles. The summed E-state index contributed by atoms with van der Waals surface area (Å²) in [5.41, 5.74) is -0.143. The van der Waals surface area contributed by atoms with Gasteiger partial charge in [0.05, 0.1) is 0 Å². The van der Waals surface area contributed by atoms with Gasteiger partial charge in [-0.1, -0.05) is 32.0 Å². The van der Waals surface area contributed by atoms with E-state index in [-0.39, 0.29) is 30.8 Å². The Labute approximate surface area is 162 Å². The Morgan fingerprint density at radius 3 is 2.18 bits per heavy atom. The average molecular weight is 397 g/mol. The van der Waals surface area contributed by atoms with Crippen LogP contribution in [-0.2, 0) is 9.53 Å². The molecule has 8 heteroatoms. The lowest BCUT2D eigenvalue weighted by Crippen LogP contribution is -2.48. The zero-order valence-electron chi connectivity index (χ0n) is 16.3. The van der Waals surface area contributed by atoms with Crippen molar-refractivity contribution in [3.8, 4) is 0 Å². The molecule has 0 radical (unpaired) electrons. The molecule has 1 aromatic rings. The van der Waals surface area contributed by atoms with Crippen LogP contribution in [-0.4, -0.2) is 41.9 Å². The van der Waals surface area contributed by atoms with Crippen LogP contribution >= 0.6 is 0 Å². The molecule has 1 aromatic carbocycles. The highest BCUT2D eigenvalue weighted by molar-refractivity contribution is 6.00. The minimum Gasteiger partial charge on any atom is -0.425 e. The van der Waals surface area contributed by atoms with Crippen molar-refractivity contribution in [3.05, 3.63) is 35.9 Å².